The van der Waals surface area contributed by atoms with E-state index in [-0.39, 0.29) is 11.9 Å². The monoisotopic (exact) mass is 320 g/mol. The van der Waals surface area contributed by atoms with E-state index in [1.54, 1.807) is 13.2 Å². The molecule has 1 atom stereocenters. The second-order valence-corrected chi connectivity index (χ2v) is 4.30. The molecule has 1 aromatic rings. The summed E-state index contributed by atoms with van der Waals surface area (Å²) in [4.78, 5) is 19.1. The lowest BCUT2D eigenvalue weighted by atomic mass is 10.2. The SMILES string of the molecule is CNC(=O)CC(C)Nc1ncncc1I. The zero-order valence-corrected chi connectivity index (χ0v) is 10.8. The summed E-state index contributed by atoms with van der Waals surface area (Å²) in [6.07, 6.45) is 3.64. The van der Waals surface area contributed by atoms with Gasteiger partial charge in [0.15, 0.2) is 0 Å². The second-order valence-electron chi connectivity index (χ2n) is 3.14. The molecule has 0 aromatic carbocycles. The van der Waals surface area contributed by atoms with Gasteiger partial charge in [0, 0.05) is 25.7 Å². The molecular formula is C9H13IN4O. The minimum Gasteiger partial charge on any atom is -0.366 e. The Bertz CT molecular complexity index is 345. The molecule has 1 aromatic heterocycles. The molecule has 15 heavy (non-hydrogen) atoms. The van der Waals surface area contributed by atoms with Crippen LogP contribution in [0.4, 0.5) is 5.82 Å². The van der Waals surface area contributed by atoms with Gasteiger partial charge < -0.3 is 10.6 Å². The van der Waals surface area contributed by atoms with Gasteiger partial charge in [0.1, 0.15) is 12.1 Å². The fraction of sp³-hybridized carbons (Fsp3) is 0.444. The van der Waals surface area contributed by atoms with E-state index in [0.717, 1.165) is 9.39 Å². The van der Waals surface area contributed by atoms with Crippen LogP contribution in [0.3, 0.4) is 0 Å². The third kappa shape index (κ3) is 3.98. The minimum atomic E-state index is 0.0130. The number of halogens is 1. The predicted molar refractivity (Wildman–Crippen MR) is 66.5 cm³/mol. The van der Waals surface area contributed by atoms with Gasteiger partial charge in [-0.2, -0.15) is 0 Å². The molecule has 1 unspecified atom stereocenters. The number of rotatable bonds is 4. The molecule has 0 fully saturated rings. The largest absolute Gasteiger partial charge is 0.366 e. The van der Waals surface area contributed by atoms with Crippen molar-refractivity contribution in [3.8, 4) is 0 Å². The summed E-state index contributed by atoms with van der Waals surface area (Å²) < 4.78 is 0.943. The predicted octanol–water partition coefficient (Wildman–Crippen LogP) is 1.02. The van der Waals surface area contributed by atoms with Crippen molar-refractivity contribution >= 4 is 34.3 Å². The van der Waals surface area contributed by atoms with Crippen LogP contribution in [-0.2, 0) is 4.79 Å². The first-order valence-corrected chi connectivity index (χ1v) is 5.64. The highest BCUT2D eigenvalue weighted by atomic mass is 127. The summed E-state index contributed by atoms with van der Waals surface area (Å²) in [5.41, 5.74) is 0. The molecule has 1 heterocycles. The molecule has 0 aliphatic carbocycles. The highest BCUT2D eigenvalue weighted by Gasteiger charge is 2.09. The standard InChI is InChI=1S/C9H13IN4O/c1-6(3-8(15)11-2)14-9-7(10)4-12-5-13-9/h4-6H,3H2,1-2H3,(H,11,15)(H,12,13,14). The smallest absolute Gasteiger partial charge is 0.221 e. The quantitative estimate of drug-likeness (QED) is 0.813. The summed E-state index contributed by atoms with van der Waals surface area (Å²) in [7, 11) is 1.63. The number of amides is 1. The molecule has 0 aliphatic heterocycles. The highest BCUT2D eigenvalue weighted by Crippen LogP contribution is 2.14. The molecule has 5 nitrogen and oxygen atoms in total. The van der Waals surface area contributed by atoms with Crippen LogP contribution in [0.5, 0.6) is 0 Å². The van der Waals surface area contributed by atoms with Crippen molar-refractivity contribution in [3.63, 3.8) is 0 Å². The fourth-order valence-electron chi connectivity index (χ4n) is 1.08. The maximum Gasteiger partial charge on any atom is 0.221 e. The van der Waals surface area contributed by atoms with Crippen molar-refractivity contribution in [2.45, 2.75) is 19.4 Å². The van der Waals surface area contributed by atoms with Crippen molar-refractivity contribution in [1.82, 2.24) is 15.3 Å². The van der Waals surface area contributed by atoms with Crippen molar-refractivity contribution in [2.24, 2.45) is 0 Å². The number of nitrogens with one attached hydrogen (secondary N) is 2. The van der Waals surface area contributed by atoms with Crippen LogP contribution in [-0.4, -0.2) is 29.0 Å². The maximum absolute atomic E-state index is 11.1. The van der Waals surface area contributed by atoms with Crippen LogP contribution in [0.1, 0.15) is 13.3 Å². The molecule has 2 N–H and O–H groups in total. The normalized spacial score (nSPS) is 11.9. The molecule has 0 bridgehead atoms. The Morgan fingerprint density at radius 3 is 3.00 bits per heavy atom. The average Bonchev–Trinajstić information content (AvgIpc) is 2.21. The third-order valence-electron chi connectivity index (χ3n) is 1.82. The lowest BCUT2D eigenvalue weighted by molar-refractivity contribution is -0.120. The number of hydrogen-bond acceptors (Lipinski definition) is 4. The van der Waals surface area contributed by atoms with Gasteiger partial charge in [0.2, 0.25) is 5.91 Å². The van der Waals surface area contributed by atoms with Gasteiger partial charge in [-0.1, -0.05) is 0 Å². The van der Waals surface area contributed by atoms with Crippen LogP contribution in [0.15, 0.2) is 12.5 Å². The molecule has 0 saturated carbocycles. The van der Waals surface area contributed by atoms with Crippen molar-refractivity contribution in [2.75, 3.05) is 12.4 Å². The first-order valence-electron chi connectivity index (χ1n) is 4.56. The van der Waals surface area contributed by atoms with Crippen LogP contribution < -0.4 is 10.6 Å². The van der Waals surface area contributed by atoms with E-state index >= 15 is 0 Å². The minimum absolute atomic E-state index is 0.0130. The van der Waals surface area contributed by atoms with Crippen LogP contribution in [0, 0.1) is 3.57 Å². The Balaban J connectivity index is 2.55. The summed E-state index contributed by atoms with van der Waals surface area (Å²) in [6, 6.07) is 0.0494. The molecule has 6 heteroatoms. The molecule has 0 spiro atoms. The van der Waals surface area contributed by atoms with Gasteiger partial charge in [-0.25, -0.2) is 9.97 Å². The highest BCUT2D eigenvalue weighted by molar-refractivity contribution is 14.1. The maximum atomic E-state index is 11.1. The number of nitrogens with zero attached hydrogens (tertiary/aromatic N) is 2. The number of carbonyl (C=O) groups is 1. The number of hydrogen-bond donors (Lipinski definition) is 2. The van der Waals surface area contributed by atoms with Gasteiger partial charge in [-0.05, 0) is 29.5 Å². The Labute approximate surface area is 102 Å². The summed E-state index contributed by atoms with van der Waals surface area (Å²) in [5, 5.41) is 5.74. The summed E-state index contributed by atoms with van der Waals surface area (Å²) >= 11 is 2.15. The first-order chi connectivity index (χ1) is 7.13. The van der Waals surface area contributed by atoms with E-state index in [2.05, 4.69) is 43.2 Å². The summed E-state index contributed by atoms with van der Waals surface area (Å²) in [6.45, 7) is 1.94. The van der Waals surface area contributed by atoms with Gasteiger partial charge in [-0.3, -0.25) is 4.79 Å². The van der Waals surface area contributed by atoms with Crippen LogP contribution in [0.25, 0.3) is 0 Å². The summed E-state index contributed by atoms with van der Waals surface area (Å²) in [5.74, 6) is 0.779. The Morgan fingerprint density at radius 1 is 1.67 bits per heavy atom. The van der Waals surface area contributed by atoms with E-state index in [0.29, 0.717) is 6.42 Å². The Kier molecular flexibility index (Phi) is 4.73. The molecule has 0 aliphatic rings. The lowest BCUT2D eigenvalue weighted by Gasteiger charge is -2.14. The van der Waals surface area contributed by atoms with E-state index in [1.165, 1.54) is 6.33 Å². The van der Waals surface area contributed by atoms with Gasteiger partial charge >= 0.3 is 0 Å². The zero-order valence-electron chi connectivity index (χ0n) is 8.62. The molecular weight excluding hydrogens is 307 g/mol. The molecule has 1 rings (SSSR count). The van der Waals surface area contributed by atoms with Crippen molar-refractivity contribution in [1.29, 1.82) is 0 Å². The Hall–Kier alpha value is -0.920. The number of anilines is 1. The van der Waals surface area contributed by atoms with E-state index in [4.69, 9.17) is 0 Å². The lowest BCUT2D eigenvalue weighted by Crippen LogP contribution is -2.27. The third-order valence-corrected chi connectivity index (χ3v) is 2.61. The fourth-order valence-corrected chi connectivity index (χ4v) is 1.54. The van der Waals surface area contributed by atoms with Gasteiger partial charge in [0.25, 0.3) is 0 Å². The van der Waals surface area contributed by atoms with E-state index in [1.807, 2.05) is 6.92 Å². The van der Waals surface area contributed by atoms with Gasteiger partial charge in [-0.15, -0.1) is 0 Å². The second kappa shape index (κ2) is 5.84. The van der Waals surface area contributed by atoms with Crippen LogP contribution in [0.2, 0.25) is 0 Å². The van der Waals surface area contributed by atoms with Crippen molar-refractivity contribution < 1.29 is 4.79 Å². The molecule has 0 radical (unpaired) electrons. The number of aromatic nitrogens is 2. The molecule has 0 saturated heterocycles. The van der Waals surface area contributed by atoms with E-state index < -0.39 is 0 Å². The molecule has 1 amide bonds. The van der Waals surface area contributed by atoms with Gasteiger partial charge in [0.05, 0.1) is 3.57 Å². The Morgan fingerprint density at radius 2 is 2.40 bits per heavy atom. The number of carbonyl (C=O) groups excluding carboxylic acids is 1. The molecule has 82 valence electrons. The zero-order chi connectivity index (χ0) is 11.3. The van der Waals surface area contributed by atoms with Crippen LogP contribution >= 0.6 is 22.6 Å². The topological polar surface area (TPSA) is 66.9 Å². The van der Waals surface area contributed by atoms with Crippen molar-refractivity contribution in [3.05, 3.63) is 16.1 Å². The van der Waals surface area contributed by atoms with E-state index in [9.17, 15) is 4.79 Å². The average molecular weight is 320 g/mol. The first kappa shape index (κ1) is 12.2.